The Bertz CT molecular complexity index is 496. The first-order valence-electron chi connectivity index (χ1n) is 4.99. The lowest BCUT2D eigenvalue weighted by atomic mass is 10.1. The van der Waals surface area contributed by atoms with Crippen LogP contribution in [0.5, 0.6) is 0 Å². The summed E-state index contributed by atoms with van der Waals surface area (Å²) < 4.78 is 18.5. The molecule has 84 valence electrons. The Labute approximate surface area is 92.3 Å². The van der Waals surface area contributed by atoms with Crippen molar-refractivity contribution in [3.05, 3.63) is 35.5 Å². The molecule has 4 nitrogen and oxygen atoms in total. The molecule has 0 aliphatic heterocycles. The molecule has 0 aliphatic carbocycles. The third-order valence-corrected chi connectivity index (χ3v) is 2.26. The molecule has 0 aliphatic rings. The highest BCUT2D eigenvalue weighted by Gasteiger charge is 2.11. The van der Waals surface area contributed by atoms with Gasteiger partial charge in [-0.2, -0.15) is 0 Å². The lowest BCUT2D eigenvalue weighted by molar-refractivity contribution is 0.506. The Morgan fingerprint density at radius 3 is 2.94 bits per heavy atom. The van der Waals surface area contributed by atoms with E-state index in [0.717, 1.165) is 5.56 Å². The Hall–Kier alpha value is -1.75. The first kappa shape index (κ1) is 10.8. The normalized spacial score (nSPS) is 10.7. The summed E-state index contributed by atoms with van der Waals surface area (Å²) in [6.07, 6.45) is 0.529. The van der Waals surface area contributed by atoms with Crippen molar-refractivity contribution >= 4 is 0 Å². The second-order valence-electron chi connectivity index (χ2n) is 3.50. The number of halogens is 1. The fourth-order valence-electron chi connectivity index (χ4n) is 1.41. The predicted molar refractivity (Wildman–Crippen MR) is 57.2 cm³/mol. The molecule has 0 amide bonds. The highest BCUT2D eigenvalue weighted by Crippen LogP contribution is 2.22. The van der Waals surface area contributed by atoms with Gasteiger partial charge in [-0.15, -0.1) is 10.2 Å². The molecule has 0 spiro atoms. The number of nitrogens with zero attached hydrogens (tertiary/aromatic N) is 2. The molecule has 1 heterocycles. The van der Waals surface area contributed by atoms with Crippen LogP contribution in [0.3, 0.4) is 0 Å². The zero-order valence-electron chi connectivity index (χ0n) is 8.90. The second-order valence-corrected chi connectivity index (χ2v) is 3.50. The van der Waals surface area contributed by atoms with Crippen LogP contribution in [-0.4, -0.2) is 16.7 Å². The Morgan fingerprint density at radius 2 is 2.19 bits per heavy atom. The van der Waals surface area contributed by atoms with Gasteiger partial charge < -0.3 is 10.2 Å². The van der Waals surface area contributed by atoms with Gasteiger partial charge >= 0.3 is 0 Å². The molecular weight excluding hydrogens is 209 g/mol. The molecule has 0 bridgehead atoms. The van der Waals surface area contributed by atoms with Crippen LogP contribution in [0.25, 0.3) is 11.5 Å². The summed E-state index contributed by atoms with van der Waals surface area (Å²) >= 11 is 0. The van der Waals surface area contributed by atoms with Crippen molar-refractivity contribution in [2.75, 3.05) is 6.54 Å². The molecule has 2 N–H and O–H groups in total. The molecule has 0 fully saturated rings. The number of benzene rings is 1. The Morgan fingerprint density at radius 1 is 1.38 bits per heavy atom. The summed E-state index contributed by atoms with van der Waals surface area (Å²) in [7, 11) is 0. The van der Waals surface area contributed by atoms with E-state index >= 15 is 0 Å². The number of nitrogens with two attached hydrogens (primary N) is 1. The van der Waals surface area contributed by atoms with Crippen LogP contribution in [0.15, 0.2) is 22.6 Å². The van der Waals surface area contributed by atoms with Gasteiger partial charge in [0.05, 0.1) is 0 Å². The van der Waals surface area contributed by atoms with Gasteiger partial charge in [0, 0.05) is 18.5 Å². The molecule has 5 heteroatoms. The molecule has 2 aromatic rings. The molecule has 1 aromatic carbocycles. The van der Waals surface area contributed by atoms with Gasteiger partial charge in [0.25, 0.3) is 0 Å². The van der Waals surface area contributed by atoms with Gasteiger partial charge in [-0.05, 0) is 24.6 Å². The fraction of sp³-hybridized carbons (Fsp3) is 0.273. The predicted octanol–water partition coefficient (Wildman–Crippen LogP) is 1.69. The minimum atomic E-state index is -0.320. The molecule has 0 unspecified atom stereocenters. The van der Waals surface area contributed by atoms with Crippen LogP contribution >= 0.6 is 0 Å². The van der Waals surface area contributed by atoms with Gasteiger partial charge in [0.15, 0.2) is 0 Å². The van der Waals surface area contributed by atoms with E-state index in [1.54, 1.807) is 6.07 Å². The van der Waals surface area contributed by atoms with E-state index in [1.807, 2.05) is 6.92 Å². The van der Waals surface area contributed by atoms with E-state index in [2.05, 4.69) is 10.2 Å². The molecular formula is C11H12FN3O. The van der Waals surface area contributed by atoms with Crippen LogP contribution in [0, 0.1) is 12.7 Å². The van der Waals surface area contributed by atoms with Crippen molar-refractivity contribution in [1.82, 2.24) is 10.2 Å². The topological polar surface area (TPSA) is 64.9 Å². The maximum atomic E-state index is 13.1. The summed E-state index contributed by atoms with van der Waals surface area (Å²) in [5, 5.41) is 7.70. The summed E-state index contributed by atoms with van der Waals surface area (Å²) in [6.45, 7) is 2.31. The van der Waals surface area contributed by atoms with E-state index in [-0.39, 0.29) is 5.82 Å². The molecule has 16 heavy (non-hydrogen) atoms. The molecule has 0 saturated carbocycles. The smallest absolute Gasteiger partial charge is 0.248 e. The first-order valence-corrected chi connectivity index (χ1v) is 4.99. The second kappa shape index (κ2) is 4.40. The fourth-order valence-corrected chi connectivity index (χ4v) is 1.41. The summed E-state index contributed by atoms with van der Waals surface area (Å²) in [5.41, 5.74) is 6.89. The van der Waals surface area contributed by atoms with Crippen LogP contribution in [-0.2, 0) is 6.42 Å². The third-order valence-electron chi connectivity index (χ3n) is 2.26. The van der Waals surface area contributed by atoms with E-state index in [1.165, 1.54) is 12.1 Å². The van der Waals surface area contributed by atoms with Crippen LogP contribution in [0.1, 0.15) is 11.5 Å². The van der Waals surface area contributed by atoms with Gasteiger partial charge in [0.2, 0.25) is 11.8 Å². The molecule has 1 aromatic heterocycles. The summed E-state index contributed by atoms with van der Waals surface area (Å²) in [6, 6.07) is 4.46. The minimum absolute atomic E-state index is 0.320. The quantitative estimate of drug-likeness (QED) is 0.856. The van der Waals surface area contributed by atoms with Crippen molar-refractivity contribution in [1.29, 1.82) is 0 Å². The van der Waals surface area contributed by atoms with Crippen molar-refractivity contribution in [2.24, 2.45) is 5.73 Å². The highest BCUT2D eigenvalue weighted by atomic mass is 19.1. The molecule has 0 radical (unpaired) electrons. The standard InChI is InChI=1S/C11H12FN3O/c1-7-2-3-8(12)6-9(7)11-15-14-10(16-11)4-5-13/h2-3,6H,4-5,13H2,1H3. The molecule has 0 atom stereocenters. The maximum absolute atomic E-state index is 13.1. The summed E-state index contributed by atoms with van der Waals surface area (Å²) in [4.78, 5) is 0. The zero-order valence-corrected chi connectivity index (χ0v) is 8.90. The number of hydrogen-bond acceptors (Lipinski definition) is 4. The van der Waals surface area contributed by atoms with Gasteiger partial charge in [-0.1, -0.05) is 6.07 Å². The SMILES string of the molecule is Cc1ccc(F)cc1-c1nnc(CCN)o1. The number of aryl methyl sites for hydroxylation is 1. The number of aromatic nitrogens is 2. The van der Waals surface area contributed by atoms with Crippen LogP contribution in [0.2, 0.25) is 0 Å². The van der Waals surface area contributed by atoms with Gasteiger partial charge in [-0.3, -0.25) is 0 Å². The molecule has 2 rings (SSSR count). The van der Waals surface area contributed by atoms with E-state index < -0.39 is 0 Å². The zero-order chi connectivity index (χ0) is 11.5. The highest BCUT2D eigenvalue weighted by molar-refractivity contribution is 5.57. The van der Waals surface area contributed by atoms with Crippen LogP contribution in [0.4, 0.5) is 4.39 Å². The van der Waals surface area contributed by atoms with Crippen molar-refractivity contribution in [2.45, 2.75) is 13.3 Å². The largest absolute Gasteiger partial charge is 0.421 e. The van der Waals surface area contributed by atoms with Crippen molar-refractivity contribution in [3.8, 4) is 11.5 Å². The Balaban J connectivity index is 2.38. The van der Waals surface area contributed by atoms with Gasteiger partial charge in [-0.25, -0.2) is 4.39 Å². The summed E-state index contributed by atoms with van der Waals surface area (Å²) in [5.74, 6) is 0.487. The lowest BCUT2D eigenvalue weighted by Gasteiger charge is -1.99. The minimum Gasteiger partial charge on any atom is -0.421 e. The van der Waals surface area contributed by atoms with E-state index in [4.69, 9.17) is 10.2 Å². The van der Waals surface area contributed by atoms with E-state index in [0.29, 0.717) is 30.3 Å². The van der Waals surface area contributed by atoms with E-state index in [9.17, 15) is 4.39 Å². The van der Waals surface area contributed by atoms with Crippen LogP contribution < -0.4 is 5.73 Å². The van der Waals surface area contributed by atoms with Crippen molar-refractivity contribution in [3.63, 3.8) is 0 Å². The van der Waals surface area contributed by atoms with Crippen molar-refractivity contribution < 1.29 is 8.81 Å². The monoisotopic (exact) mass is 221 g/mol. The maximum Gasteiger partial charge on any atom is 0.248 e. The average Bonchev–Trinajstić information content (AvgIpc) is 2.71. The number of hydrogen-bond donors (Lipinski definition) is 1. The van der Waals surface area contributed by atoms with Gasteiger partial charge in [0.1, 0.15) is 5.82 Å². The third kappa shape index (κ3) is 2.09. The number of rotatable bonds is 3. The Kier molecular flexibility index (Phi) is 2.96. The average molecular weight is 221 g/mol. The molecule has 0 saturated heterocycles. The first-order chi connectivity index (χ1) is 7.70. The lowest BCUT2D eigenvalue weighted by Crippen LogP contribution is -2.02.